The minimum atomic E-state index is -4.13. The lowest BCUT2D eigenvalue weighted by molar-refractivity contribution is 0.462. The Morgan fingerprint density at radius 2 is 0.889 bits per heavy atom. The fourth-order valence-electron chi connectivity index (χ4n) is 4.95. The Kier molecular flexibility index (Phi) is 23.4. The summed E-state index contributed by atoms with van der Waals surface area (Å²) >= 11 is 0. The van der Waals surface area contributed by atoms with E-state index in [0.717, 1.165) is 0 Å². The predicted molar refractivity (Wildman–Crippen MR) is 163 cm³/mol. The molecule has 0 saturated heterocycles. The smallest absolute Gasteiger partial charge is 0.0988 e. The summed E-state index contributed by atoms with van der Waals surface area (Å²) in [5.41, 5.74) is 0.530. The van der Waals surface area contributed by atoms with E-state index in [1.54, 1.807) is 55.0 Å². The third-order valence-corrected chi connectivity index (χ3v) is 12.9. The Bertz CT molecular complexity index is 638. The van der Waals surface area contributed by atoms with E-state index in [-0.39, 0.29) is 0 Å². The van der Waals surface area contributed by atoms with Gasteiger partial charge in [-0.25, -0.2) is 8.42 Å². The predicted octanol–water partition coefficient (Wildman–Crippen LogP) is 10.1. The Morgan fingerprint density at radius 3 is 1.17 bits per heavy atom. The highest BCUT2D eigenvalue weighted by atomic mass is 32.2. The summed E-state index contributed by atoms with van der Waals surface area (Å²) in [6.45, 7) is 9.40. The van der Waals surface area contributed by atoms with Crippen LogP contribution < -0.4 is 0 Å². The van der Waals surface area contributed by atoms with Crippen LogP contribution in [0.4, 0.5) is 0 Å². The Hall–Kier alpha value is -0.440. The molecule has 0 bridgehead atoms. The second kappa shape index (κ2) is 23.7. The molecule has 0 fully saturated rings. The van der Waals surface area contributed by atoms with Crippen LogP contribution in [0.3, 0.4) is 0 Å². The van der Waals surface area contributed by atoms with Crippen molar-refractivity contribution < 1.29 is 13.0 Å². The molecule has 3 nitrogen and oxygen atoms in total. The number of rotatable bonds is 22. The lowest BCUT2D eigenvalue weighted by Crippen LogP contribution is -2.13. The fourth-order valence-corrected chi connectivity index (χ4v) is 10.5. The van der Waals surface area contributed by atoms with Crippen LogP contribution in [0.5, 0.6) is 0 Å². The van der Waals surface area contributed by atoms with Crippen molar-refractivity contribution in [1.29, 1.82) is 0 Å². The number of unbranched alkanes of at least 4 members (excludes halogenated alkanes) is 12. The number of hydrogen-bond donors (Lipinski definition) is 0. The molecular formula is C31H59O3PS. The van der Waals surface area contributed by atoms with Crippen LogP contribution in [0.2, 0.25) is 0 Å². The second-order valence-corrected chi connectivity index (χ2v) is 16.5. The zero-order valence-electron chi connectivity index (χ0n) is 24.3. The Labute approximate surface area is 226 Å². The van der Waals surface area contributed by atoms with Crippen LogP contribution in [-0.2, 0) is 15.9 Å². The first kappa shape index (κ1) is 35.6. The zero-order valence-corrected chi connectivity index (χ0v) is 26.0. The Morgan fingerprint density at radius 1 is 0.556 bits per heavy atom. The zero-order chi connectivity index (χ0) is 27.0. The average Bonchev–Trinajstić information content (AvgIpc) is 2.85. The molecule has 36 heavy (non-hydrogen) atoms. The van der Waals surface area contributed by atoms with Crippen LogP contribution in [0.15, 0.2) is 30.3 Å². The van der Waals surface area contributed by atoms with E-state index in [4.69, 9.17) is 0 Å². The van der Waals surface area contributed by atoms with E-state index in [9.17, 15) is 13.0 Å². The highest BCUT2D eigenvalue weighted by molar-refractivity contribution is 7.84. The van der Waals surface area contributed by atoms with Gasteiger partial charge in [0.1, 0.15) is 0 Å². The maximum absolute atomic E-state index is 10.2. The van der Waals surface area contributed by atoms with E-state index >= 15 is 0 Å². The summed E-state index contributed by atoms with van der Waals surface area (Å²) in [4.78, 5) is 0. The minimum absolute atomic E-state index is 0.423. The van der Waals surface area contributed by atoms with Gasteiger partial charge in [0.25, 0.3) is 0 Å². The first-order valence-corrected chi connectivity index (χ1v) is 19.3. The van der Waals surface area contributed by atoms with Crippen molar-refractivity contribution in [2.24, 2.45) is 0 Å². The summed E-state index contributed by atoms with van der Waals surface area (Å²) in [7, 11) is -4.78. The van der Waals surface area contributed by atoms with Gasteiger partial charge < -0.3 is 4.55 Å². The van der Waals surface area contributed by atoms with E-state index in [1.807, 2.05) is 0 Å². The van der Waals surface area contributed by atoms with Crippen molar-refractivity contribution in [3.63, 3.8) is 0 Å². The van der Waals surface area contributed by atoms with Gasteiger partial charge in [0.15, 0.2) is 0 Å². The largest absolute Gasteiger partial charge is 0.748 e. The molecule has 0 radical (unpaired) electrons. The van der Waals surface area contributed by atoms with Crippen LogP contribution in [0, 0.1) is 0 Å². The number of hydrogen-bond acceptors (Lipinski definition) is 3. The Balaban J connectivity index is 0.000000918. The van der Waals surface area contributed by atoms with Crippen molar-refractivity contribution in [2.45, 2.75) is 136 Å². The van der Waals surface area contributed by atoms with Gasteiger partial charge in [0, 0.05) is 7.26 Å². The van der Waals surface area contributed by atoms with Gasteiger partial charge in [-0.05, 0) is 56.9 Å². The molecule has 1 aromatic rings. The van der Waals surface area contributed by atoms with Gasteiger partial charge >= 0.3 is 0 Å². The summed E-state index contributed by atoms with van der Waals surface area (Å²) in [5.74, 6) is -0.423. The molecule has 0 aliphatic carbocycles. The molecule has 0 unspecified atom stereocenters. The maximum atomic E-state index is 10.2. The summed E-state index contributed by atoms with van der Waals surface area (Å²) in [6.07, 6.45) is 30.1. The second-order valence-electron chi connectivity index (χ2n) is 10.7. The molecule has 0 spiro atoms. The molecule has 0 heterocycles. The summed E-state index contributed by atoms with van der Waals surface area (Å²) in [5, 5.41) is 0. The molecule has 212 valence electrons. The van der Waals surface area contributed by atoms with Gasteiger partial charge in [0.05, 0.1) is 40.5 Å². The average molecular weight is 543 g/mol. The summed E-state index contributed by atoms with van der Waals surface area (Å²) < 4.78 is 30.7. The van der Waals surface area contributed by atoms with Gasteiger partial charge in [0.2, 0.25) is 0 Å². The molecule has 1 aromatic carbocycles. The highest BCUT2D eigenvalue weighted by Gasteiger charge is 2.34. The standard InChI is InChI=1S/C24H52P.C7H8O3S/c1-5-9-13-17-21-25(22-18-14-10-6-2,23-19-15-11-7-3)24-20-16-12-8-4;8-11(9,10)6-7-4-2-1-3-5-7/h5-24H2,1-4H3;1-5H,6H2,(H,8,9,10)/q+1;/p-1. The summed E-state index contributed by atoms with van der Waals surface area (Å²) in [6, 6.07) is 8.37. The van der Waals surface area contributed by atoms with Gasteiger partial charge in [-0.15, -0.1) is 0 Å². The lowest BCUT2D eigenvalue weighted by Gasteiger charge is -2.28. The normalized spacial score (nSPS) is 11.8. The van der Waals surface area contributed by atoms with E-state index in [1.165, 1.54) is 103 Å². The third-order valence-electron chi connectivity index (χ3n) is 7.13. The minimum Gasteiger partial charge on any atom is -0.748 e. The first-order valence-electron chi connectivity index (χ1n) is 15.1. The lowest BCUT2D eigenvalue weighted by atomic mass is 10.2. The molecule has 0 aliphatic rings. The van der Waals surface area contributed by atoms with Crippen LogP contribution in [0.25, 0.3) is 0 Å². The third kappa shape index (κ3) is 21.6. The topological polar surface area (TPSA) is 57.2 Å². The van der Waals surface area contributed by atoms with Crippen LogP contribution in [-0.4, -0.2) is 37.6 Å². The molecule has 1 rings (SSSR count). The van der Waals surface area contributed by atoms with Crippen LogP contribution in [0.1, 0.15) is 136 Å². The van der Waals surface area contributed by atoms with Gasteiger partial charge in [-0.2, -0.15) is 0 Å². The SMILES string of the molecule is CCCCCC[P+](CCCCCC)(CCCCCC)CCCCCC.O=S(=O)([O-])Cc1ccccc1. The molecule has 0 amide bonds. The first-order chi connectivity index (χ1) is 17.3. The molecule has 0 aromatic heterocycles. The molecule has 0 atom stereocenters. The molecule has 5 heteroatoms. The highest BCUT2D eigenvalue weighted by Crippen LogP contribution is 2.61. The van der Waals surface area contributed by atoms with Gasteiger partial charge in [-0.1, -0.05) is 109 Å². The van der Waals surface area contributed by atoms with Gasteiger partial charge in [-0.3, -0.25) is 0 Å². The molecule has 0 saturated carbocycles. The van der Waals surface area contributed by atoms with E-state index in [0.29, 0.717) is 5.56 Å². The van der Waals surface area contributed by atoms with Crippen LogP contribution >= 0.6 is 7.26 Å². The number of benzene rings is 1. The van der Waals surface area contributed by atoms with Crippen molar-refractivity contribution in [1.82, 2.24) is 0 Å². The fraction of sp³-hybridized carbons (Fsp3) is 0.806. The van der Waals surface area contributed by atoms with Crippen molar-refractivity contribution in [3.05, 3.63) is 35.9 Å². The van der Waals surface area contributed by atoms with Crippen molar-refractivity contribution in [3.8, 4) is 0 Å². The van der Waals surface area contributed by atoms with E-state index < -0.39 is 23.1 Å². The van der Waals surface area contributed by atoms with Crippen molar-refractivity contribution in [2.75, 3.05) is 24.6 Å². The molecule has 0 aliphatic heterocycles. The van der Waals surface area contributed by atoms with Crippen molar-refractivity contribution >= 4 is 17.4 Å². The molecular weight excluding hydrogens is 483 g/mol. The maximum Gasteiger partial charge on any atom is 0.0988 e. The molecule has 0 N–H and O–H groups in total. The monoisotopic (exact) mass is 542 g/mol. The quantitative estimate of drug-likeness (QED) is 0.0832. The van der Waals surface area contributed by atoms with E-state index in [2.05, 4.69) is 27.7 Å².